The molecule has 0 saturated carbocycles. The van der Waals surface area contributed by atoms with Crippen molar-refractivity contribution in [2.24, 2.45) is 0 Å². The van der Waals surface area contributed by atoms with Crippen molar-refractivity contribution in [3.63, 3.8) is 0 Å². The van der Waals surface area contributed by atoms with Crippen molar-refractivity contribution in [1.82, 2.24) is 9.55 Å². The third kappa shape index (κ3) is 3.47. The van der Waals surface area contributed by atoms with Crippen molar-refractivity contribution in [2.75, 3.05) is 5.32 Å². The average molecular weight is 355 g/mol. The summed E-state index contributed by atoms with van der Waals surface area (Å²) in [5.41, 5.74) is 6.43. The van der Waals surface area contributed by atoms with Gasteiger partial charge < -0.3 is 9.88 Å². The number of carbonyl (C=O) groups excluding carboxylic acids is 1. The van der Waals surface area contributed by atoms with Gasteiger partial charge in [0.25, 0.3) is 0 Å². The molecule has 0 aliphatic rings. The molecule has 27 heavy (non-hydrogen) atoms. The van der Waals surface area contributed by atoms with Crippen LogP contribution in [0, 0.1) is 13.8 Å². The van der Waals surface area contributed by atoms with Gasteiger partial charge in [0.2, 0.25) is 5.91 Å². The fraction of sp³-hybridized carbons (Fsp3) is 0.130. The van der Waals surface area contributed by atoms with Crippen molar-refractivity contribution in [2.45, 2.75) is 20.3 Å². The highest BCUT2D eigenvalue weighted by molar-refractivity contribution is 5.92. The number of aryl methyl sites for hydroxylation is 2. The molecule has 0 aliphatic carbocycles. The third-order valence-electron chi connectivity index (χ3n) is 4.74. The van der Waals surface area contributed by atoms with Gasteiger partial charge in [-0.2, -0.15) is 0 Å². The van der Waals surface area contributed by atoms with E-state index in [1.54, 1.807) is 12.4 Å². The van der Waals surface area contributed by atoms with Crippen molar-refractivity contribution < 1.29 is 4.79 Å². The van der Waals surface area contributed by atoms with Gasteiger partial charge in [-0.1, -0.05) is 18.2 Å². The molecule has 0 fully saturated rings. The first-order chi connectivity index (χ1) is 13.1. The minimum Gasteiger partial charge on any atom is -0.326 e. The Hall–Kier alpha value is -3.40. The van der Waals surface area contributed by atoms with E-state index >= 15 is 0 Å². The van der Waals surface area contributed by atoms with Crippen LogP contribution in [-0.4, -0.2) is 15.5 Å². The van der Waals surface area contributed by atoms with E-state index < -0.39 is 0 Å². The summed E-state index contributed by atoms with van der Waals surface area (Å²) in [6, 6.07) is 20.3. The Morgan fingerprint density at radius 3 is 2.59 bits per heavy atom. The number of nitrogens with one attached hydrogen (secondary N) is 1. The Morgan fingerprint density at radius 2 is 1.85 bits per heavy atom. The zero-order valence-corrected chi connectivity index (χ0v) is 15.4. The van der Waals surface area contributed by atoms with Crippen LogP contribution in [0.15, 0.2) is 73.1 Å². The summed E-state index contributed by atoms with van der Waals surface area (Å²) < 4.78 is 2.24. The fourth-order valence-corrected chi connectivity index (χ4v) is 3.44. The van der Waals surface area contributed by atoms with Gasteiger partial charge in [0.1, 0.15) is 0 Å². The van der Waals surface area contributed by atoms with Crippen molar-refractivity contribution in [1.29, 1.82) is 0 Å². The largest absolute Gasteiger partial charge is 0.326 e. The summed E-state index contributed by atoms with van der Waals surface area (Å²) in [6.07, 6.45) is 3.73. The van der Waals surface area contributed by atoms with Crippen LogP contribution in [-0.2, 0) is 11.2 Å². The van der Waals surface area contributed by atoms with Crippen LogP contribution in [0.1, 0.15) is 16.8 Å². The molecule has 4 rings (SSSR count). The van der Waals surface area contributed by atoms with E-state index in [1.807, 2.05) is 36.4 Å². The number of fused-ring (bicyclic) bond motifs is 1. The summed E-state index contributed by atoms with van der Waals surface area (Å²) >= 11 is 0. The highest BCUT2D eigenvalue weighted by atomic mass is 16.1. The first-order valence-electron chi connectivity index (χ1n) is 8.99. The Kier molecular flexibility index (Phi) is 4.47. The second kappa shape index (κ2) is 7.08. The molecule has 4 heteroatoms. The van der Waals surface area contributed by atoms with Gasteiger partial charge in [0, 0.05) is 34.8 Å². The first kappa shape index (κ1) is 17.0. The molecule has 2 aromatic carbocycles. The average Bonchev–Trinajstić information content (AvgIpc) is 3.01. The lowest BCUT2D eigenvalue weighted by Gasteiger charge is -2.11. The number of pyridine rings is 1. The molecule has 4 nitrogen and oxygen atoms in total. The van der Waals surface area contributed by atoms with Crippen LogP contribution in [0.5, 0.6) is 0 Å². The monoisotopic (exact) mass is 355 g/mol. The number of anilines is 1. The molecule has 134 valence electrons. The molecule has 0 saturated heterocycles. The predicted octanol–water partition coefficient (Wildman–Crippen LogP) is 4.82. The van der Waals surface area contributed by atoms with Crippen LogP contribution in [0.2, 0.25) is 0 Å². The van der Waals surface area contributed by atoms with Gasteiger partial charge in [-0.25, -0.2) is 0 Å². The minimum absolute atomic E-state index is 0.0473. The molecular formula is C23H21N3O. The Balaban J connectivity index is 1.55. The molecule has 0 unspecified atom stereocenters. The molecule has 0 radical (unpaired) electrons. The van der Waals surface area contributed by atoms with Gasteiger partial charge >= 0.3 is 0 Å². The molecule has 4 aromatic rings. The van der Waals surface area contributed by atoms with E-state index in [9.17, 15) is 4.79 Å². The number of rotatable bonds is 4. The molecule has 0 atom stereocenters. The number of benzene rings is 2. The summed E-state index contributed by atoms with van der Waals surface area (Å²) in [7, 11) is 0. The van der Waals surface area contributed by atoms with Crippen molar-refractivity contribution in [3.05, 3.63) is 89.9 Å². The van der Waals surface area contributed by atoms with Crippen LogP contribution < -0.4 is 5.32 Å². The Morgan fingerprint density at radius 1 is 1.04 bits per heavy atom. The number of aromatic nitrogens is 2. The van der Waals surface area contributed by atoms with Crippen molar-refractivity contribution in [3.8, 4) is 5.69 Å². The minimum atomic E-state index is -0.0473. The summed E-state index contributed by atoms with van der Waals surface area (Å²) in [5, 5.41) is 4.22. The van der Waals surface area contributed by atoms with E-state index in [0.717, 1.165) is 16.9 Å². The summed E-state index contributed by atoms with van der Waals surface area (Å²) in [6.45, 7) is 4.25. The summed E-state index contributed by atoms with van der Waals surface area (Å²) in [5.74, 6) is -0.0473. The molecule has 1 N–H and O–H groups in total. The van der Waals surface area contributed by atoms with Gasteiger partial charge in [-0.15, -0.1) is 0 Å². The van der Waals surface area contributed by atoms with Gasteiger partial charge in [-0.3, -0.25) is 9.78 Å². The van der Waals surface area contributed by atoms with E-state index in [4.69, 9.17) is 0 Å². The van der Waals surface area contributed by atoms with Gasteiger partial charge in [0.05, 0.1) is 11.9 Å². The fourth-order valence-electron chi connectivity index (χ4n) is 3.44. The molecule has 0 spiro atoms. The number of hydrogen-bond donors (Lipinski definition) is 1. The first-order valence-corrected chi connectivity index (χ1v) is 8.99. The number of carbonyl (C=O) groups is 1. The molecule has 2 aromatic heterocycles. The van der Waals surface area contributed by atoms with E-state index in [1.165, 1.54) is 22.2 Å². The van der Waals surface area contributed by atoms with Crippen LogP contribution >= 0.6 is 0 Å². The lowest BCUT2D eigenvalue weighted by Crippen LogP contribution is -2.14. The van der Waals surface area contributed by atoms with Gasteiger partial charge in [0.15, 0.2) is 0 Å². The lowest BCUT2D eigenvalue weighted by molar-refractivity contribution is -0.115. The zero-order valence-electron chi connectivity index (χ0n) is 15.4. The second-order valence-electron chi connectivity index (χ2n) is 6.76. The number of nitrogens with zero attached hydrogens (tertiary/aromatic N) is 2. The standard InChI is InChI=1S/C23H21N3O/c1-16-5-3-7-22-21(16)13-17(2)26(22)20-10-8-19(9-11-20)25-23(27)14-18-6-4-12-24-15-18/h3-13,15H,14H2,1-2H3,(H,25,27). The highest BCUT2D eigenvalue weighted by Crippen LogP contribution is 2.27. The molecule has 2 heterocycles. The smallest absolute Gasteiger partial charge is 0.228 e. The predicted molar refractivity (Wildman–Crippen MR) is 109 cm³/mol. The molecule has 0 bridgehead atoms. The maximum absolute atomic E-state index is 12.2. The SMILES string of the molecule is Cc1cccc2c1cc(C)n2-c1ccc(NC(=O)Cc2cccnc2)cc1. The number of amides is 1. The topological polar surface area (TPSA) is 46.9 Å². The Bertz CT molecular complexity index is 1100. The Labute approximate surface area is 158 Å². The number of hydrogen-bond acceptors (Lipinski definition) is 2. The second-order valence-corrected chi connectivity index (χ2v) is 6.76. The van der Waals surface area contributed by atoms with E-state index in [2.05, 4.69) is 53.0 Å². The van der Waals surface area contributed by atoms with Crippen LogP contribution in [0.25, 0.3) is 16.6 Å². The van der Waals surface area contributed by atoms with E-state index in [-0.39, 0.29) is 5.91 Å². The van der Waals surface area contributed by atoms with E-state index in [0.29, 0.717) is 6.42 Å². The van der Waals surface area contributed by atoms with Crippen LogP contribution in [0.3, 0.4) is 0 Å². The van der Waals surface area contributed by atoms with Gasteiger partial charge in [-0.05, 0) is 67.4 Å². The molecule has 0 aliphatic heterocycles. The highest BCUT2D eigenvalue weighted by Gasteiger charge is 2.10. The quantitative estimate of drug-likeness (QED) is 0.570. The third-order valence-corrected chi connectivity index (χ3v) is 4.74. The maximum Gasteiger partial charge on any atom is 0.228 e. The molecule has 1 amide bonds. The zero-order chi connectivity index (χ0) is 18.8. The summed E-state index contributed by atoms with van der Waals surface area (Å²) in [4.78, 5) is 16.3. The normalized spacial score (nSPS) is 10.9. The van der Waals surface area contributed by atoms with Crippen molar-refractivity contribution >= 4 is 22.5 Å². The lowest BCUT2D eigenvalue weighted by atomic mass is 10.1. The van der Waals surface area contributed by atoms with Crippen LogP contribution in [0.4, 0.5) is 5.69 Å². The maximum atomic E-state index is 12.2. The molecular weight excluding hydrogens is 334 g/mol.